The van der Waals surface area contributed by atoms with E-state index in [4.69, 9.17) is 42.6 Å². The van der Waals surface area contributed by atoms with Gasteiger partial charge in [-0.1, -0.05) is 0 Å². The molecule has 0 radical (unpaired) electrons. The van der Waals surface area contributed by atoms with Crippen molar-refractivity contribution in [3.8, 4) is 0 Å². The Morgan fingerprint density at radius 3 is 1.08 bits per heavy atom. The molecule has 0 aliphatic carbocycles. The Bertz CT molecular complexity index is 1510. The first-order valence-electron chi connectivity index (χ1n) is 19.9. The molecule has 2 aliphatic rings. The topological polar surface area (TPSA) is 226 Å². The van der Waals surface area contributed by atoms with Gasteiger partial charge in [0.15, 0.2) is 36.8 Å². The number of hydrogen-bond acceptors (Lipinski definition) is 17. The van der Waals surface area contributed by atoms with Crippen LogP contribution in [-0.2, 0) is 71.4 Å². The second-order valence-electron chi connectivity index (χ2n) is 21.3. The summed E-state index contributed by atoms with van der Waals surface area (Å²) < 4.78 is 53.6. The molecule has 10 atom stereocenters. The maximum atomic E-state index is 13.6. The fraction of sp³-hybridized carbons (Fsp3) is 0.857. The summed E-state index contributed by atoms with van der Waals surface area (Å²) in [6, 6.07) is 0. The summed E-state index contributed by atoms with van der Waals surface area (Å²) in [7, 11) is 0. The number of carbonyl (C=O) groups is 6. The average Bonchev–Trinajstić information content (AvgIpc) is 3.05. The van der Waals surface area contributed by atoms with Gasteiger partial charge in [0.1, 0.15) is 24.9 Å². The molecule has 2 fully saturated rings. The van der Waals surface area contributed by atoms with E-state index < -0.39 is 143 Å². The van der Waals surface area contributed by atoms with Gasteiger partial charge in [0, 0.05) is 0 Å². The Kier molecular flexibility index (Phi) is 16.4. The third-order valence-corrected chi connectivity index (χ3v) is 8.92. The van der Waals surface area contributed by atoms with Crippen LogP contribution < -0.4 is 0 Å². The quantitative estimate of drug-likeness (QED) is 0.232. The lowest BCUT2D eigenvalue weighted by Gasteiger charge is -2.48. The molecular weight excluding hydrogens is 776 g/mol. The van der Waals surface area contributed by atoms with E-state index in [1.807, 2.05) is 0 Å². The van der Waals surface area contributed by atoms with Crippen molar-refractivity contribution < 1.29 is 81.6 Å². The van der Waals surface area contributed by atoms with Crippen LogP contribution >= 0.6 is 0 Å². The van der Waals surface area contributed by atoms with Crippen LogP contribution in [0.4, 0.5) is 0 Å². The number of aliphatic hydroxyl groups is 2. The first-order chi connectivity index (χ1) is 26.4. The number of esters is 6. The summed E-state index contributed by atoms with van der Waals surface area (Å²) in [6.07, 6.45) is -16.9. The fourth-order valence-electron chi connectivity index (χ4n) is 4.96. The minimum atomic E-state index is -1.98. The number of hydrogen-bond donors (Lipinski definition) is 2. The van der Waals surface area contributed by atoms with E-state index in [0.29, 0.717) is 0 Å². The van der Waals surface area contributed by atoms with Gasteiger partial charge in [-0.25, -0.2) is 0 Å². The van der Waals surface area contributed by atoms with E-state index >= 15 is 0 Å². The van der Waals surface area contributed by atoms with E-state index in [1.54, 1.807) is 125 Å². The number of ether oxygens (including phenoxy) is 9. The smallest absolute Gasteiger partial charge is 0.311 e. The largest absolute Gasteiger partial charge is 0.462 e. The molecule has 17 heteroatoms. The summed E-state index contributed by atoms with van der Waals surface area (Å²) >= 11 is 0. The molecule has 340 valence electrons. The van der Waals surface area contributed by atoms with E-state index in [-0.39, 0.29) is 0 Å². The van der Waals surface area contributed by atoms with Crippen molar-refractivity contribution >= 4 is 35.8 Å². The second kappa shape index (κ2) is 18.7. The number of rotatable bonds is 10. The van der Waals surface area contributed by atoms with Crippen molar-refractivity contribution in [1.82, 2.24) is 0 Å². The van der Waals surface area contributed by atoms with Crippen molar-refractivity contribution in [2.75, 3.05) is 13.2 Å². The van der Waals surface area contributed by atoms with Gasteiger partial charge in [-0.15, -0.1) is 0 Å². The van der Waals surface area contributed by atoms with Gasteiger partial charge in [0.25, 0.3) is 0 Å². The van der Waals surface area contributed by atoms with Crippen molar-refractivity contribution in [2.45, 2.75) is 186 Å². The lowest BCUT2D eigenvalue weighted by molar-refractivity contribution is -0.378. The molecule has 0 saturated carbocycles. The standard InChI is InChI=1S/C42H70O17/c1-37(2,3)31(45)51-20-22-25(55-33(47)39(7,8)9)26(56-34(48)40(10,11)12)23(44)29(53-22)59-30-28(58-36(50)42(16,17)18)27(57-35(49)41(13,14)15)24(21(19-43)52-30)54-32(46)38(4,5)6/h21-30,43-44H,19-20H2,1-18H3/t21-,22-,23-,24-,25-,26-,27+,28-,29-,30-/m1/s1. The summed E-state index contributed by atoms with van der Waals surface area (Å²) in [6.45, 7) is 27.0. The predicted octanol–water partition coefficient (Wildman–Crippen LogP) is 4.18. The number of aliphatic hydroxyl groups excluding tert-OH is 2. The third kappa shape index (κ3) is 14.1. The zero-order valence-corrected chi connectivity index (χ0v) is 38.2. The van der Waals surface area contributed by atoms with E-state index in [9.17, 15) is 39.0 Å². The van der Waals surface area contributed by atoms with Crippen LogP contribution in [-0.4, -0.2) is 121 Å². The van der Waals surface area contributed by atoms with E-state index in [1.165, 1.54) is 0 Å². The zero-order valence-electron chi connectivity index (χ0n) is 38.2. The molecule has 2 rings (SSSR count). The first kappa shape index (κ1) is 51.8. The van der Waals surface area contributed by atoms with Gasteiger partial charge < -0.3 is 52.8 Å². The Balaban J connectivity index is 2.85. The first-order valence-corrected chi connectivity index (χ1v) is 19.9. The Morgan fingerprint density at radius 1 is 0.424 bits per heavy atom. The molecule has 0 aromatic rings. The summed E-state index contributed by atoms with van der Waals surface area (Å²) in [4.78, 5) is 80.3. The molecule has 2 N–H and O–H groups in total. The molecule has 2 saturated heterocycles. The SMILES string of the molecule is CC(C)(C)C(=O)OC[C@H]1O[C@H](O[C@H]2O[C@H](CO)[C@@H](OC(=O)C(C)(C)C)[C@H](OC(=O)C(C)(C)C)[C@H]2OC(=O)C(C)(C)C)[C@H](O)[C@@H](OC(=O)C(C)(C)C)[C@@H]1OC(=O)C(C)(C)C. The van der Waals surface area contributed by atoms with Gasteiger partial charge in [-0.3, -0.25) is 28.8 Å². The minimum absolute atomic E-state index is 0.585. The Labute approximate surface area is 348 Å². The molecule has 0 aromatic heterocycles. The van der Waals surface area contributed by atoms with E-state index in [2.05, 4.69) is 0 Å². The maximum absolute atomic E-state index is 13.6. The highest BCUT2D eigenvalue weighted by Crippen LogP contribution is 2.37. The summed E-state index contributed by atoms with van der Waals surface area (Å²) in [5.41, 5.74) is -6.57. The van der Waals surface area contributed by atoms with Gasteiger partial charge in [-0.05, 0) is 125 Å². The molecule has 17 nitrogen and oxygen atoms in total. The molecule has 0 aromatic carbocycles. The monoisotopic (exact) mass is 846 g/mol. The van der Waals surface area contributed by atoms with Crippen LogP contribution in [0.15, 0.2) is 0 Å². The fourth-order valence-corrected chi connectivity index (χ4v) is 4.96. The number of carbonyl (C=O) groups excluding carboxylic acids is 6. The van der Waals surface area contributed by atoms with Crippen molar-refractivity contribution in [3.05, 3.63) is 0 Å². The molecule has 0 bridgehead atoms. The van der Waals surface area contributed by atoms with Gasteiger partial charge >= 0.3 is 35.8 Å². The lowest BCUT2D eigenvalue weighted by Crippen LogP contribution is -2.67. The van der Waals surface area contributed by atoms with Crippen molar-refractivity contribution in [2.24, 2.45) is 32.5 Å². The van der Waals surface area contributed by atoms with E-state index in [0.717, 1.165) is 0 Å². The molecule has 2 heterocycles. The predicted molar refractivity (Wildman–Crippen MR) is 209 cm³/mol. The third-order valence-electron chi connectivity index (χ3n) is 8.92. The van der Waals surface area contributed by atoms with Crippen LogP contribution in [0.5, 0.6) is 0 Å². The molecular formula is C42H70O17. The zero-order chi connectivity index (χ0) is 46.0. The second-order valence-corrected chi connectivity index (χ2v) is 21.3. The van der Waals surface area contributed by atoms with Crippen LogP contribution in [0.25, 0.3) is 0 Å². The molecule has 0 amide bonds. The highest BCUT2D eigenvalue weighted by molar-refractivity contribution is 5.78. The summed E-state index contributed by atoms with van der Waals surface area (Å²) in [5, 5.41) is 22.6. The molecule has 2 aliphatic heterocycles. The van der Waals surface area contributed by atoms with Crippen molar-refractivity contribution in [1.29, 1.82) is 0 Å². The average molecular weight is 847 g/mol. The van der Waals surface area contributed by atoms with Gasteiger partial charge in [0.05, 0.1) is 39.1 Å². The van der Waals surface area contributed by atoms with Crippen molar-refractivity contribution in [3.63, 3.8) is 0 Å². The van der Waals surface area contributed by atoms with Crippen LogP contribution in [0.1, 0.15) is 125 Å². The highest BCUT2D eigenvalue weighted by Gasteiger charge is 2.58. The van der Waals surface area contributed by atoms with Crippen LogP contribution in [0.3, 0.4) is 0 Å². The maximum Gasteiger partial charge on any atom is 0.311 e. The molecule has 0 unspecified atom stereocenters. The Hall–Kier alpha value is -3.38. The highest BCUT2D eigenvalue weighted by atomic mass is 16.8. The van der Waals surface area contributed by atoms with Gasteiger partial charge in [-0.2, -0.15) is 0 Å². The van der Waals surface area contributed by atoms with Crippen LogP contribution in [0, 0.1) is 32.5 Å². The normalized spacial score (nSPS) is 28.5. The summed E-state index contributed by atoms with van der Waals surface area (Å²) in [5.74, 6) is -4.64. The van der Waals surface area contributed by atoms with Gasteiger partial charge in [0.2, 0.25) is 6.29 Å². The molecule has 0 spiro atoms. The molecule has 59 heavy (non-hydrogen) atoms. The van der Waals surface area contributed by atoms with Crippen LogP contribution in [0.2, 0.25) is 0 Å². The Morgan fingerprint density at radius 2 is 0.729 bits per heavy atom. The lowest BCUT2D eigenvalue weighted by atomic mass is 9.92. The minimum Gasteiger partial charge on any atom is -0.462 e.